The minimum atomic E-state index is -2.23. The molecule has 6 heteroatoms. The summed E-state index contributed by atoms with van der Waals surface area (Å²) in [5.41, 5.74) is -0.458. The van der Waals surface area contributed by atoms with Crippen molar-refractivity contribution in [3.63, 3.8) is 0 Å². The van der Waals surface area contributed by atoms with E-state index in [9.17, 15) is 26.3 Å². The van der Waals surface area contributed by atoms with Crippen LogP contribution >= 0.6 is 0 Å². The van der Waals surface area contributed by atoms with Crippen molar-refractivity contribution >= 4 is 5.57 Å². The Labute approximate surface area is 129 Å². The zero-order chi connectivity index (χ0) is 17.3. The molecule has 0 saturated carbocycles. The van der Waals surface area contributed by atoms with Gasteiger partial charge in [-0.3, -0.25) is 0 Å². The lowest BCUT2D eigenvalue weighted by Gasteiger charge is -2.11. The first kappa shape index (κ1) is 17.1. The van der Waals surface area contributed by atoms with Gasteiger partial charge in [-0.25, -0.2) is 26.3 Å². The fourth-order valence-corrected chi connectivity index (χ4v) is 2.18. The van der Waals surface area contributed by atoms with Gasteiger partial charge < -0.3 is 0 Å². The minimum absolute atomic E-state index is 0.0360. The highest BCUT2D eigenvalue weighted by molar-refractivity contribution is 5.66. The Morgan fingerprint density at radius 3 is 1.87 bits per heavy atom. The van der Waals surface area contributed by atoms with Crippen LogP contribution in [-0.4, -0.2) is 0 Å². The SMILES string of the molecule is C=C(Cc1c(F)c(F)c(F)c(F)c1F)c1ccc(CC)cc1F. The molecule has 0 bridgehead atoms. The van der Waals surface area contributed by atoms with Crippen LogP contribution < -0.4 is 0 Å². The number of hydrogen-bond donors (Lipinski definition) is 0. The summed E-state index contributed by atoms with van der Waals surface area (Å²) in [5, 5.41) is 0. The van der Waals surface area contributed by atoms with E-state index in [4.69, 9.17) is 0 Å². The standard InChI is InChI=1S/C17H12F6/c1-3-9-4-5-10(12(18)7-9)8(2)6-11-13(19)15(21)17(23)16(22)14(11)20/h4-5,7H,2-3,6H2,1H3. The summed E-state index contributed by atoms with van der Waals surface area (Å²) in [7, 11) is 0. The predicted molar refractivity (Wildman–Crippen MR) is 74.7 cm³/mol. The van der Waals surface area contributed by atoms with Gasteiger partial charge >= 0.3 is 0 Å². The molecule has 0 aliphatic carbocycles. The molecule has 0 radical (unpaired) electrons. The van der Waals surface area contributed by atoms with Crippen molar-refractivity contribution in [2.24, 2.45) is 0 Å². The molecule has 0 atom stereocenters. The third-order valence-corrected chi connectivity index (χ3v) is 3.51. The highest BCUT2D eigenvalue weighted by atomic mass is 19.2. The maximum absolute atomic E-state index is 14.0. The molecule has 0 nitrogen and oxygen atoms in total. The van der Waals surface area contributed by atoms with Gasteiger partial charge in [-0.2, -0.15) is 0 Å². The van der Waals surface area contributed by atoms with E-state index < -0.39 is 46.9 Å². The van der Waals surface area contributed by atoms with E-state index >= 15 is 0 Å². The van der Waals surface area contributed by atoms with Crippen LogP contribution in [0.5, 0.6) is 0 Å². The van der Waals surface area contributed by atoms with Gasteiger partial charge in [-0.15, -0.1) is 0 Å². The molecule has 2 aromatic carbocycles. The second kappa shape index (κ2) is 6.48. The normalized spacial score (nSPS) is 10.9. The molecule has 2 rings (SSSR count). The van der Waals surface area contributed by atoms with Gasteiger partial charge in [-0.05, 0) is 23.6 Å². The van der Waals surface area contributed by atoms with Crippen LogP contribution in [0.1, 0.15) is 23.6 Å². The molecule has 23 heavy (non-hydrogen) atoms. The molecule has 0 fully saturated rings. The van der Waals surface area contributed by atoms with Crippen LogP contribution in [0, 0.1) is 34.9 Å². The summed E-state index contributed by atoms with van der Waals surface area (Å²) in [4.78, 5) is 0. The van der Waals surface area contributed by atoms with E-state index in [2.05, 4.69) is 6.58 Å². The molecule has 0 saturated heterocycles. The van der Waals surface area contributed by atoms with Crippen LogP contribution in [0.2, 0.25) is 0 Å². The Morgan fingerprint density at radius 1 is 0.870 bits per heavy atom. The van der Waals surface area contributed by atoms with Crippen molar-refractivity contribution in [3.05, 3.63) is 76.4 Å². The Kier molecular flexibility index (Phi) is 4.82. The molecule has 0 spiro atoms. The molecule has 0 aliphatic rings. The number of allylic oxidation sites excluding steroid dienone is 1. The summed E-state index contributed by atoms with van der Waals surface area (Å²) in [6, 6.07) is 4.20. The molecule has 0 amide bonds. The average Bonchev–Trinajstić information content (AvgIpc) is 2.54. The fourth-order valence-electron chi connectivity index (χ4n) is 2.18. The Morgan fingerprint density at radius 2 is 1.39 bits per heavy atom. The van der Waals surface area contributed by atoms with Crippen LogP contribution in [0.3, 0.4) is 0 Å². The van der Waals surface area contributed by atoms with E-state index in [1.165, 1.54) is 12.1 Å². The van der Waals surface area contributed by atoms with E-state index in [1.807, 2.05) is 6.92 Å². The Balaban J connectivity index is 2.42. The van der Waals surface area contributed by atoms with Crippen LogP contribution in [-0.2, 0) is 12.8 Å². The van der Waals surface area contributed by atoms with Crippen LogP contribution in [0.4, 0.5) is 26.3 Å². The zero-order valence-corrected chi connectivity index (χ0v) is 12.1. The second-order valence-electron chi connectivity index (χ2n) is 5.00. The van der Waals surface area contributed by atoms with Crippen molar-refractivity contribution in [2.75, 3.05) is 0 Å². The highest BCUT2D eigenvalue weighted by Crippen LogP contribution is 2.28. The summed E-state index contributed by atoms with van der Waals surface area (Å²) in [6.07, 6.45) is -0.116. The van der Waals surface area contributed by atoms with E-state index in [0.29, 0.717) is 12.0 Å². The fraction of sp³-hybridized carbons (Fsp3) is 0.176. The first-order valence-corrected chi connectivity index (χ1v) is 6.74. The third-order valence-electron chi connectivity index (χ3n) is 3.51. The largest absolute Gasteiger partial charge is 0.206 e. The van der Waals surface area contributed by atoms with Crippen molar-refractivity contribution in [1.82, 2.24) is 0 Å². The topological polar surface area (TPSA) is 0 Å². The van der Waals surface area contributed by atoms with Crippen molar-refractivity contribution in [3.8, 4) is 0 Å². The van der Waals surface area contributed by atoms with Gasteiger partial charge in [0.25, 0.3) is 0 Å². The second-order valence-corrected chi connectivity index (χ2v) is 5.00. The highest BCUT2D eigenvalue weighted by Gasteiger charge is 2.26. The van der Waals surface area contributed by atoms with Crippen molar-refractivity contribution < 1.29 is 26.3 Å². The molecule has 122 valence electrons. The minimum Gasteiger partial charge on any atom is -0.206 e. The number of halogens is 6. The molecule has 0 unspecified atom stereocenters. The maximum atomic E-state index is 14.0. The third kappa shape index (κ3) is 3.11. The van der Waals surface area contributed by atoms with Gasteiger partial charge in [0, 0.05) is 17.5 Å². The monoisotopic (exact) mass is 330 g/mol. The number of hydrogen-bond acceptors (Lipinski definition) is 0. The van der Waals surface area contributed by atoms with Crippen molar-refractivity contribution in [2.45, 2.75) is 19.8 Å². The van der Waals surface area contributed by atoms with Gasteiger partial charge in [0.05, 0.1) is 0 Å². The predicted octanol–water partition coefficient (Wildman–Crippen LogP) is 5.34. The summed E-state index contributed by atoms with van der Waals surface area (Å²) >= 11 is 0. The van der Waals surface area contributed by atoms with E-state index in [0.717, 1.165) is 0 Å². The van der Waals surface area contributed by atoms with Crippen LogP contribution in [0.15, 0.2) is 24.8 Å². The first-order chi connectivity index (χ1) is 10.8. The maximum Gasteiger partial charge on any atom is 0.200 e. The van der Waals surface area contributed by atoms with Crippen molar-refractivity contribution in [1.29, 1.82) is 0 Å². The van der Waals surface area contributed by atoms with Gasteiger partial charge in [0.15, 0.2) is 23.3 Å². The zero-order valence-electron chi connectivity index (χ0n) is 12.1. The van der Waals surface area contributed by atoms with E-state index in [1.54, 1.807) is 6.07 Å². The number of rotatable bonds is 4. The van der Waals surface area contributed by atoms with Gasteiger partial charge in [0.1, 0.15) is 5.82 Å². The molecular weight excluding hydrogens is 318 g/mol. The molecule has 0 N–H and O–H groups in total. The molecule has 0 aliphatic heterocycles. The smallest absolute Gasteiger partial charge is 0.200 e. The quantitative estimate of drug-likeness (QED) is 0.403. The number of benzene rings is 2. The lowest BCUT2D eigenvalue weighted by molar-refractivity contribution is 0.372. The van der Waals surface area contributed by atoms with Gasteiger partial charge in [-0.1, -0.05) is 25.6 Å². The van der Waals surface area contributed by atoms with Gasteiger partial charge in [0.2, 0.25) is 5.82 Å². The first-order valence-electron chi connectivity index (χ1n) is 6.74. The lowest BCUT2D eigenvalue weighted by Crippen LogP contribution is -2.08. The molecule has 0 aromatic heterocycles. The summed E-state index contributed by atoms with van der Waals surface area (Å²) in [6.45, 7) is 5.31. The Hall–Kier alpha value is -2.24. The lowest BCUT2D eigenvalue weighted by atomic mass is 9.96. The number of aryl methyl sites for hydroxylation is 1. The summed E-state index contributed by atoms with van der Waals surface area (Å²) < 4.78 is 80.6. The van der Waals surface area contributed by atoms with E-state index in [-0.39, 0.29) is 11.1 Å². The Bertz CT molecular complexity index is 750. The average molecular weight is 330 g/mol. The summed E-state index contributed by atoms with van der Waals surface area (Å²) in [5.74, 6) is -10.8. The molecule has 2 aromatic rings. The van der Waals surface area contributed by atoms with Crippen LogP contribution in [0.25, 0.3) is 5.57 Å². The molecular formula is C17H12F6. The molecule has 0 heterocycles.